The Morgan fingerprint density at radius 2 is 2.50 bits per heavy atom. The van der Waals surface area contributed by atoms with E-state index in [4.69, 9.17) is 5.73 Å². The summed E-state index contributed by atoms with van der Waals surface area (Å²) in [5.74, 6) is 0.434. The highest BCUT2D eigenvalue weighted by atomic mass is 16.2. The van der Waals surface area contributed by atoms with Crippen molar-refractivity contribution < 1.29 is 4.79 Å². The molecular weight excluding hydrogens is 228 g/mol. The molecule has 3 N–H and O–H groups in total. The highest BCUT2D eigenvalue weighted by Gasteiger charge is 2.27. The van der Waals surface area contributed by atoms with Gasteiger partial charge in [-0.2, -0.15) is 5.10 Å². The third kappa shape index (κ3) is 2.72. The number of nitrogens with zero attached hydrogens (tertiary/aromatic N) is 2. The van der Waals surface area contributed by atoms with Crippen molar-refractivity contribution in [2.24, 2.45) is 11.7 Å². The Morgan fingerprint density at radius 3 is 3.11 bits per heavy atom. The number of H-pyrrole nitrogens is 1. The Balaban J connectivity index is 2.04. The second-order valence-electron chi connectivity index (χ2n) is 5.14. The van der Waals surface area contributed by atoms with Gasteiger partial charge in [-0.05, 0) is 38.2 Å². The Bertz CT molecular complexity index is 413. The lowest BCUT2D eigenvalue weighted by atomic mass is 9.92. The van der Waals surface area contributed by atoms with E-state index >= 15 is 0 Å². The maximum absolute atomic E-state index is 12.3. The number of carbonyl (C=O) groups excluding carboxylic acids is 1. The molecule has 5 nitrogen and oxygen atoms in total. The molecule has 1 saturated heterocycles. The molecule has 1 fully saturated rings. The molecule has 1 aliphatic heterocycles. The first kappa shape index (κ1) is 13.1. The third-order valence-corrected chi connectivity index (χ3v) is 3.72. The van der Waals surface area contributed by atoms with Gasteiger partial charge in [0.15, 0.2) is 0 Å². The zero-order valence-electron chi connectivity index (χ0n) is 11.1. The number of amides is 1. The van der Waals surface area contributed by atoms with Gasteiger partial charge >= 0.3 is 0 Å². The molecule has 1 amide bonds. The zero-order chi connectivity index (χ0) is 13.1. The molecule has 100 valence electrons. The first-order valence-electron chi connectivity index (χ1n) is 6.71. The maximum Gasteiger partial charge on any atom is 0.274 e. The van der Waals surface area contributed by atoms with Gasteiger partial charge in [-0.3, -0.25) is 9.89 Å². The standard InChI is InChI=1S/C13H22N4O/c1-3-11-7-12(16-15-11)13(18)17-6-4-5-10(8-17)9(2)14/h7,9-10H,3-6,8,14H2,1-2H3,(H,15,16). The van der Waals surface area contributed by atoms with Gasteiger partial charge in [-0.25, -0.2) is 0 Å². The van der Waals surface area contributed by atoms with E-state index in [1.807, 2.05) is 24.8 Å². The van der Waals surface area contributed by atoms with E-state index in [1.54, 1.807) is 0 Å². The molecule has 1 aromatic rings. The minimum absolute atomic E-state index is 0.0244. The number of likely N-dealkylation sites (tertiary alicyclic amines) is 1. The Hall–Kier alpha value is -1.36. The quantitative estimate of drug-likeness (QED) is 0.845. The average Bonchev–Trinajstić information content (AvgIpc) is 2.86. The van der Waals surface area contributed by atoms with Gasteiger partial charge in [0.1, 0.15) is 5.69 Å². The summed E-state index contributed by atoms with van der Waals surface area (Å²) in [4.78, 5) is 14.2. The summed E-state index contributed by atoms with van der Waals surface area (Å²) in [7, 11) is 0. The van der Waals surface area contributed by atoms with Crippen LogP contribution in [0.4, 0.5) is 0 Å². The van der Waals surface area contributed by atoms with Gasteiger partial charge in [0.05, 0.1) is 0 Å². The van der Waals surface area contributed by atoms with Crippen LogP contribution in [-0.2, 0) is 6.42 Å². The van der Waals surface area contributed by atoms with Crippen molar-refractivity contribution in [3.05, 3.63) is 17.5 Å². The molecule has 0 aromatic carbocycles. The minimum Gasteiger partial charge on any atom is -0.337 e. The molecule has 5 heteroatoms. The predicted molar refractivity (Wildman–Crippen MR) is 70.2 cm³/mol. The Labute approximate surface area is 108 Å². The number of aromatic amines is 1. The summed E-state index contributed by atoms with van der Waals surface area (Å²) in [6.45, 7) is 5.62. The molecule has 2 heterocycles. The zero-order valence-corrected chi connectivity index (χ0v) is 11.1. The lowest BCUT2D eigenvalue weighted by molar-refractivity contribution is 0.0655. The van der Waals surface area contributed by atoms with E-state index < -0.39 is 0 Å². The first-order valence-corrected chi connectivity index (χ1v) is 6.71. The summed E-state index contributed by atoms with van der Waals surface area (Å²) >= 11 is 0. The second-order valence-corrected chi connectivity index (χ2v) is 5.14. The van der Waals surface area contributed by atoms with Crippen molar-refractivity contribution in [2.75, 3.05) is 13.1 Å². The number of piperidine rings is 1. The maximum atomic E-state index is 12.3. The highest BCUT2D eigenvalue weighted by Crippen LogP contribution is 2.20. The Morgan fingerprint density at radius 1 is 1.72 bits per heavy atom. The molecule has 0 aliphatic carbocycles. The highest BCUT2D eigenvalue weighted by molar-refractivity contribution is 5.92. The lowest BCUT2D eigenvalue weighted by Gasteiger charge is -2.34. The number of nitrogens with one attached hydrogen (secondary N) is 1. The average molecular weight is 250 g/mol. The van der Waals surface area contributed by atoms with E-state index in [2.05, 4.69) is 10.2 Å². The predicted octanol–water partition coefficient (Wildman–Crippen LogP) is 1.17. The SMILES string of the molecule is CCc1cc(C(=O)N2CCCC(C(C)N)C2)n[nH]1. The van der Waals surface area contributed by atoms with Crippen molar-refractivity contribution in [1.29, 1.82) is 0 Å². The molecule has 2 atom stereocenters. The van der Waals surface area contributed by atoms with Crippen molar-refractivity contribution in [1.82, 2.24) is 15.1 Å². The molecule has 1 aliphatic rings. The molecular formula is C13H22N4O. The van der Waals surface area contributed by atoms with Crippen molar-refractivity contribution >= 4 is 5.91 Å². The van der Waals surface area contributed by atoms with Crippen molar-refractivity contribution in [3.8, 4) is 0 Å². The number of carbonyl (C=O) groups is 1. The monoisotopic (exact) mass is 250 g/mol. The topological polar surface area (TPSA) is 75.0 Å². The molecule has 0 radical (unpaired) electrons. The van der Waals surface area contributed by atoms with Crippen LogP contribution in [0.3, 0.4) is 0 Å². The smallest absolute Gasteiger partial charge is 0.274 e. The largest absolute Gasteiger partial charge is 0.337 e. The van der Waals surface area contributed by atoms with Gasteiger partial charge in [0, 0.05) is 24.8 Å². The van der Waals surface area contributed by atoms with Crippen LogP contribution in [0.1, 0.15) is 42.9 Å². The van der Waals surface area contributed by atoms with Gasteiger partial charge in [-0.15, -0.1) is 0 Å². The van der Waals surface area contributed by atoms with Crippen LogP contribution in [0.5, 0.6) is 0 Å². The van der Waals surface area contributed by atoms with Crippen molar-refractivity contribution in [2.45, 2.75) is 39.2 Å². The van der Waals surface area contributed by atoms with Gasteiger partial charge in [0.2, 0.25) is 0 Å². The van der Waals surface area contributed by atoms with Crippen molar-refractivity contribution in [3.63, 3.8) is 0 Å². The number of aromatic nitrogens is 2. The number of aryl methyl sites for hydroxylation is 1. The fraction of sp³-hybridized carbons (Fsp3) is 0.692. The molecule has 1 aromatic heterocycles. The normalized spacial score (nSPS) is 21.9. The number of hydrogen-bond acceptors (Lipinski definition) is 3. The van der Waals surface area contributed by atoms with Gasteiger partial charge < -0.3 is 10.6 Å². The number of rotatable bonds is 3. The van der Waals surface area contributed by atoms with Crippen LogP contribution in [0.15, 0.2) is 6.07 Å². The minimum atomic E-state index is 0.0244. The molecule has 2 unspecified atom stereocenters. The molecule has 0 spiro atoms. The van der Waals surface area contributed by atoms with E-state index in [0.29, 0.717) is 11.6 Å². The fourth-order valence-electron chi connectivity index (χ4n) is 2.44. The molecule has 18 heavy (non-hydrogen) atoms. The van der Waals surface area contributed by atoms with Gasteiger partial charge in [0.25, 0.3) is 5.91 Å². The second kappa shape index (κ2) is 5.52. The first-order chi connectivity index (χ1) is 8.61. The van der Waals surface area contributed by atoms with Crippen LogP contribution >= 0.6 is 0 Å². The van der Waals surface area contributed by atoms with Crippen LogP contribution in [-0.4, -0.2) is 40.1 Å². The van der Waals surface area contributed by atoms with E-state index in [0.717, 1.165) is 38.0 Å². The molecule has 0 saturated carbocycles. The summed E-state index contributed by atoms with van der Waals surface area (Å²) < 4.78 is 0. The van der Waals surface area contributed by atoms with Crippen LogP contribution in [0.25, 0.3) is 0 Å². The lowest BCUT2D eigenvalue weighted by Crippen LogP contribution is -2.45. The molecule has 2 rings (SSSR count). The Kier molecular flexibility index (Phi) is 4.01. The molecule has 0 bridgehead atoms. The van der Waals surface area contributed by atoms with E-state index in [9.17, 15) is 4.79 Å². The summed E-state index contributed by atoms with van der Waals surface area (Å²) in [5, 5.41) is 6.97. The summed E-state index contributed by atoms with van der Waals surface area (Å²) in [5.41, 5.74) is 7.46. The van der Waals surface area contributed by atoms with Crippen LogP contribution in [0, 0.1) is 5.92 Å². The van der Waals surface area contributed by atoms with Crippen LogP contribution < -0.4 is 5.73 Å². The van der Waals surface area contributed by atoms with Crippen LogP contribution in [0.2, 0.25) is 0 Å². The van der Waals surface area contributed by atoms with E-state index in [1.165, 1.54) is 0 Å². The third-order valence-electron chi connectivity index (χ3n) is 3.72. The summed E-state index contributed by atoms with van der Waals surface area (Å²) in [6, 6.07) is 1.99. The number of nitrogens with two attached hydrogens (primary N) is 1. The fourth-order valence-corrected chi connectivity index (χ4v) is 2.44. The summed E-state index contributed by atoms with van der Waals surface area (Å²) in [6.07, 6.45) is 3.01. The van der Waals surface area contributed by atoms with Gasteiger partial charge in [-0.1, -0.05) is 6.92 Å². The number of hydrogen-bond donors (Lipinski definition) is 2. The van der Waals surface area contributed by atoms with E-state index in [-0.39, 0.29) is 11.9 Å².